The zero-order valence-electron chi connectivity index (χ0n) is 10.4. The summed E-state index contributed by atoms with van der Waals surface area (Å²) < 4.78 is 0.850. The maximum Gasteiger partial charge on any atom is 0.263 e. The Morgan fingerprint density at radius 3 is 2.89 bits per heavy atom. The van der Waals surface area contributed by atoms with Gasteiger partial charge in [0.2, 0.25) is 5.91 Å². The Morgan fingerprint density at radius 2 is 2.21 bits per heavy atom. The minimum Gasteiger partial charge on any atom is -0.397 e. The van der Waals surface area contributed by atoms with Crippen LogP contribution in [0.4, 0.5) is 5.69 Å². The standard InChI is InChI=1S/C12H14N4O2S/c1-2-15-9(17)6-16-12(18)11-10(13)7-3-4-14-5-8(7)19-11/h3-5H,2,6,13H2,1H3,(H,15,17)(H,16,18). The van der Waals surface area contributed by atoms with Crippen molar-refractivity contribution < 1.29 is 9.59 Å². The van der Waals surface area contributed by atoms with Crippen LogP contribution >= 0.6 is 11.3 Å². The van der Waals surface area contributed by atoms with Crippen molar-refractivity contribution in [2.75, 3.05) is 18.8 Å². The number of carbonyl (C=O) groups is 2. The molecule has 7 heteroatoms. The molecule has 2 heterocycles. The molecule has 2 amide bonds. The van der Waals surface area contributed by atoms with Crippen LogP contribution in [0.15, 0.2) is 18.5 Å². The van der Waals surface area contributed by atoms with Crippen LogP contribution in [0.1, 0.15) is 16.6 Å². The normalized spacial score (nSPS) is 10.4. The number of pyridine rings is 1. The van der Waals surface area contributed by atoms with Crippen molar-refractivity contribution in [1.29, 1.82) is 0 Å². The number of aromatic nitrogens is 1. The van der Waals surface area contributed by atoms with Crippen molar-refractivity contribution in [3.05, 3.63) is 23.3 Å². The zero-order chi connectivity index (χ0) is 13.8. The van der Waals surface area contributed by atoms with E-state index in [-0.39, 0.29) is 18.4 Å². The second kappa shape index (κ2) is 5.66. The van der Waals surface area contributed by atoms with Crippen molar-refractivity contribution in [3.8, 4) is 0 Å². The second-order valence-corrected chi connectivity index (χ2v) is 4.91. The number of nitrogens with zero attached hydrogens (tertiary/aromatic N) is 1. The molecule has 6 nitrogen and oxygen atoms in total. The van der Waals surface area contributed by atoms with Crippen molar-refractivity contribution in [1.82, 2.24) is 15.6 Å². The fourth-order valence-electron chi connectivity index (χ4n) is 1.64. The van der Waals surface area contributed by atoms with Gasteiger partial charge in [0.1, 0.15) is 4.88 Å². The van der Waals surface area contributed by atoms with Crippen LogP contribution in [0.25, 0.3) is 10.1 Å². The Morgan fingerprint density at radius 1 is 1.42 bits per heavy atom. The summed E-state index contributed by atoms with van der Waals surface area (Å²) in [5, 5.41) is 5.95. The molecular formula is C12H14N4O2S. The molecule has 0 aromatic carbocycles. The highest BCUT2D eigenvalue weighted by Gasteiger charge is 2.16. The molecule has 0 radical (unpaired) electrons. The lowest BCUT2D eigenvalue weighted by Crippen LogP contribution is -2.36. The SMILES string of the molecule is CCNC(=O)CNC(=O)c1sc2cnccc2c1N. The Balaban J connectivity index is 2.13. The van der Waals surface area contributed by atoms with Gasteiger partial charge in [-0.2, -0.15) is 0 Å². The molecule has 2 aromatic heterocycles. The summed E-state index contributed by atoms with van der Waals surface area (Å²) in [4.78, 5) is 27.6. The summed E-state index contributed by atoms with van der Waals surface area (Å²) in [5.41, 5.74) is 6.35. The molecule has 0 aliphatic rings. The Hall–Kier alpha value is -2.15. The average molecular weight is 278 g/mol. The highest BCUT2D eigenvalue weighted by atomic mass is 32.1. The number of nitrogens with one attached hydrogen (secondary N) is 2. The van der Waals surface area contributed by atoms with E-state index in [4.69, 9.17) is 5.73 Å². The van der Waals surface area contributed by atoms with Gasteiger partial charge in [-0.05, 0) is 13.0 Å². The van der Waals surface area contributed by atoms with Gasteiger partial charge < -0.3 is 16.4 Å². The lowest BCUT2D eigenvalue weighted by atomic mass is 10.2. The third-order valence-corrected chi connectivity index (χ3v) is 3.68. The van der Waals surface area contributed by atoms with E-state index in [1.54, 1.807) is 18.5 Å². The minimum absolute atomic E-state index is 0.0569. The number of rotatable bonds is 4. The van der Waals surface area contributed by atoms with Gasteiger partial charge >= 0.3 is 0 Å². The summed E-state index contributed by atoms with van der Waals surface area (Å²) >= 11 is 1.27. The van der Waals surface area contributed by atoms with Gasteiger partial charge in [-0.25, -0.2) is 0 Å². The number of amides is 2. The van der Waals surface area contributed by atoms with Gasteiger partial charge in [0.05, 0.1) is 16.9 Å². The van der Waals surface area contributed by atoms with E-state index < -0.39 is 0 Å². The molecule has 0 spiro atoms. The summed E-state index contributed by atoms with van der Waals surface area (Å²) in [7, 11) is 0. The first-order chi connectivity index (χ1) is 9.13. The Labute approximate surface area is 114 Å². The molecule has 2 aromatic rings. The smallest absolute Gasteiger partial charge is 0.263 e. The van der Waals surface area contributed by atoms with E-state index in [0.717, 1.165) is 10.1 Å². The van der Waals surface area contributed by atoms with E-state index >= 15 is 0 Å². The summed E-state index contributed by atoms with van der Waals surface area (Å²) in [6.45, 7) is 2.29. The predicted molar refractivity (Wildman–Crippen MR) is 75.0 cm³/mol. The number of fused-ring (bicyclic) bond motifs is 1. The maximum absolute atomic E-state index is 12.0. The number of nitrogens with two attached hydrogens (primary N) is 1. The summed E-state index contributed by atoms with van der Waals surface area (Å²) in [6, 6.07) is 1.77. The van der Waals surface area contributed by atoms with Crippen LogP contribution in [-0.4, -0.2) is 29.9 Å². The van der Waals surface area contributed by atoms with Gasteiger partial charge in [0, 0.05) is 24.3 Å². The number of likely N-dealkylation sites (N-methyl/N-ethyl adjacent to an activating group) is 1. The predicted octanol–water partition coefficient (Wildman–Crippen LogP) is 0.744. The molecule has 100 valence electrons. The highest BCUT2D eigenvalue weighted by molar-refractivity contribution is 7.21. The Bertz CT molecular complexity index is 623. The molecule has 0 atom stereocenters. The molecule has 0 bridgehead atoms. The first kappa shape index (κ1) is 13.3. The third kappa shape index (κ3) is 2.82. The number of hydrogen-bond donors (Lipinski definition) is 3. The van der Waals surface area contributed by atoms with Gasteiger partial charge in [-0.1, -0.05) is 0 Å². The van der Waals surface area contributed by atoms with Gasteiger partial charge in [-0.3, -0.25) is 14.6 Å². The molecule has 0 aliphatic heterocycles. The van der Waals surface area contributed by atoms with Gasteiger partial charge in [-0.15, -0.1) is 11.3 Å². The molecular weight excluding hydrogens is 264 g/mol. The topological polar surface area (TPSA) is 97.1 Å². The van der Waals surface area contributed by atoms with E-state index in [1.807, 2.05) is 6.92 Å². The number of anilines is 1. The quantitative estimate of drug-likeness (QED) is 0.768. The third-order valence-electron chi connectivity index (χ3n) is 2.52. The highest BCUT2D eigenvalue weighted by Crippen LogP contribution is 2.32. The average Bonchev–Trinajstić information content (AvgIpc) is 2.74. The van der Waals surface area contributed by atoms with E-state index in [1.165, 1.54) is 11.3 Å². The zero-order valence-corrected chi connectivity index (χ0v) is 11.2. The number of thiophene rings is 1. The van der Waals surface area contributed by atoms with Crippen molar-refractivity contribution in [2.45, 2.75) is 6.92 Å². The summed E-state index contributed by atoms with van der Waals surface area (Å²) in [6.07, 6.45) is 3.29. The molecule has 0 unspecified atom stereocenters. The van der Waals surface area contributed by atoms with E-state index in [0.29, 0.717) is 17.1 Å². The maximum atomic E-state index is 12.0. The second-order valence-electron chi connectivity index (χ2n) is 3.85. The fourth-order valence-corrected chi connectivity index (χ4v) is 2.65. The van der Waals surface area contributed by atoms with Crippen LogP contribution in [0, 0.1) is 0 Å². The van der Waals surface area contributed by atoms with E-state index in [2.05, 4.69) is 15.6 Å². The molecule has 4 N–H and O–H groups in total. The van der Waals surface area contributed by atoms with Gasteiger partial charge in [0.25, 0.3) is 5.91 Å². The fraction of sp³-hybridized carbons (Fsp3) is 0.250. The van der Waals surface area contributed by atoms with Crippen LogP contribution < -0.4 is 16.4 Å². The van der Waals surface area contributed by atoms with Crippen LogP contribution in [0.2, 0.25) is 0 Å². The lowest BCUT2D eigenvalue weighted by molar-refractivity contribution is -0.120. The molecule has 0 fully saturated rings. The van der Waals surface area contributed by atoms with Crippen LogP contribution in [0.3, 0.4) is 0 Å². The number of nitrogen functional groups attached to an aromatic ring is 1. The first-order valence-corrected chi connectivity index (χ1v) is 6.62. The largest absolute Gasteiger partial charge is 0.397 e. The van der Waals surface area contributed by atoms with Crippen molar-refractivity contribution in [3.63, 3.8) is 0 Å². The van der Waals surface area contributed by atoms with Crippen molar-refractivity contribution in [2.24, 2.45) is 0 Å². The number of hydrogen-bond acceptors (Lipinski definition) is 5. The number of carbonyl (C=O) groups excluding carboxylic acids is 2. The van der Waals surface area contributed by atoms with E-state index in [9.17, 15) is 9.59 Å². The first-order valence-electron chi connectivity index (χ1n) is 5.80. The molecule has 0 aliphatic carbocycles. The van der Waals surface area contributed by atoms with Crippen molar-refractivity contribution >= 4 is 38.9 Å². The monoisotopic (exact) mass is 278 g/mol. The minimum atomic E-state index is -0.343. The van der Waals surface area contributed by atoms with Crippen LogP contribution in [-0.2, 0) is 4.79 Å². The van der Waals surface area contributed by atoms with Gasteiger partial charge in [0.15, 0.2) is 0 Å². The summed E-state index contributed by atoms with van der Waals surface area (Å²) in [5.74, 6) is -0.567. The molecule has 19 heavy (non-hydrogen) atoms. The Kier molecular flexibility index (Phi) is 3.96. The van der Waals surface area contributed by atoms with Crippen LogP contribution in [0.5, 0.6) is 0 Å². The molecule has 0 saturated carbocycles. The molecule has 0 saturated heterocycles. The lowest BCUT2D eigenvalue weighted by Gasteiger charge is -2.04. The molecule has 2 rings (SSSR count).